The predicted octanol–water partition coefficient (Wildman–Crippen LogP) is 4.28. The lowest BCUT2D eigenvalue weighted by atomic mass is 10.1. The van der Waals surface area contributed by atoms with Crippen molar-refractivity contribution in [2.24, 2.45) is 0 Å². The highest BCUT2D eigenvalue weighted by atomic mass is 35.5. The summed E-state index contributed by atoms with van der Waals surface area (Å²) >= 11 is 11.9. The molecule has 0 saturated carbocycles. The molecule has 1 N–H and O–H groups in total. The molecule has 1 amide bonds. The molecular weight excluding hydrogens is 466 g/mol. The Morgan fingerprint density at radius 3 is 2.45 bits per heavy atom. The van der Waals surface area contributed by atoms with Gasteiger partial charge in [-0.15, -0.1) is 0 Å². The molecule has 1 heterocycles. The summed E-state index contributed by atoms with van der Waals surface area (Å²) in [5.74, 6) is -0.450. The largest absolute Gasteiger partial charge is 0.468 e. The maximum absolute atomic E-state index is 13.2. The highest BCUT2D eigenvalue weighted by Crippen LogP contribution is 2.27. The third-order valence-corrected chi connectivity index (χ3v) is 6.94. The van der Waals surface area contributed by atoms with E-state index in [0.717, 1.165) is 9.87 Å². The molecule has 0 bridgehead atoms. The summed E-state index contributed by atoms with van der Waals surface area (Å²) in [6.45, 7) is -0.292. The van der Waals surface area contributed by atoms with Crippen LogP contribution in [0.15, 0.2) is 70.2 Å². The number of amides is 1. The van der Waals surface area contributed by atoms with Crippen LogP contribution in [0.2, 0.25) is 10.0 Å². The minimum Gasteiger partial charge on any atom is -0.468 e. The lowest BCUT2D eigenvalue weighted by Crippen LogP contribution is -2.40. The van der Waals surface area contributed by atoms with E-state index in [-0.39, 0.29) is 33.8 Å². The minimum absolute atomic E-state index is 0.0874. The summed E-state index contributed by atoms with van der Waals surface area (Å²) in [5, 5.41) is 2.99. The van der Waals surface area contributed by atoms with Crippen molar-refractivity contribution in [1.82, 2.24) is 9.62 Å². The number of carbonyl (C=O) groups excluding carboxylic acids is 1. The SMILES string of the molecule is O=C(CN(Cc1ccco1)S(=O)(=O)c1ccc(Cl)c(Cl)c1)NCCc1ccc(F)cc1. The number of hydrogen-bond donors (Lipinski definition) is 1. The van der Waals surface area contributed by atoms with Crippen LogP contribution in [0.5, 0.6) is 0 Å². The van der Waals surface area contributed by atoms with E-state index >= 15 is 0 Å². The third-order valence-electron chi connectivity index (χ3n) is 4.41. The van der Waals surface area contributed by atoms with Gasteiger partial charge in [-0.3, -0.25) is 4.79 Å². The molecule has 0 aliphatic rings. The molecule has 0 atom stereocenters. The van der Waals surface area contributed by atoms with Crippen LogP contribution in [0.4, 0.5) is 4.39 Å². The molecule has 0 saturated heterocycles. The van der Waals surface area contributed by atoms with Gasteiger partial charge in [0.2, 0.25) is 15.9 Å². The Kier molecular flexibility index (Phi) is 7.72. The Balaban J connectivity index is 1.71. The predicted molar refractivity (Wildman–Crippen MR) is 116 cm³/mol. The monoisotopic (exact) mass is 484 g/mol. The number of halogens is 3. The fourth-order valence-electron chi connectivity index (χ4n) is 2.80. The Morgan fingerprint density at radius 2 is 1.81 bits per heavy atom. The lowest BCUT2D eigenvalue weighted by molar-refractivity contribution is -0.121. The zero-order valence-corrected chi connectivity index (χ0v) is 18.6. The van der Waals surface area contributed by atoms with Crippen LogP contribution in [-0.2, 0) is 27.8 Å². The van der Waals surface area contributed by atoms with Crippen LogP contribution < -0.4 is 5.32 Å². The van der Waals surface area contributed by atoms with Gasteiger partial charge < -0.3 is 9.73 Å². The summed E-state index contributed by atoms with van der Waals surface area (Å²) in [7, 11) is -4.07. The molecule has 31 heavy (non-hydrogen) atoms. The molecule has 2 aromatic carbocycles. The summed E-state index contributed by atoms with van der Waals surface area (Å²) in [5.41, 5.74) is 0.845. The van der Waals surface area contributed by atoms with Gasteiger partial charge in [-0.05, 0) is 54.4 Å². The molecule has 0 aliphatic heterocycles. The van der Waals surface area contributed by atoms with Gasteiger partial charge in [0.05, 0.1) is 34.3 Å². The summed E-state index contributed by atoms with van der Waals surface area (Å²) in [6, 6.07) is 13.1. The molecule has 0 fully saturated rings. The van der Waals surface area contributed by atoms with Crippen molar-refractivity contribution in [1.29, 1.82) is 0 Å². The van der Waals surface area contributed by atoms with Crippen LogP contribution in [0.25, 0.3) is 0 Å². The Morgan fingerprint density at radius 1 is 1.06 bits per heavy atom. The number of rotatable bonds is 9. The van der Waals surface area contributed by atoms with Gasteiger partial charge in [-0.25, -0.2) is 12.8 Å². The van der Waals surface area contributed by atoms with E-state index in [1.54, 1.807) is 24.3 Å². The minimum atomic E-state index is -4.07. The van der Waals surface area contributed by atoms with Gasteiger partial charge in [0.25, 0.3) is 0 Å². The number of nitrogens with zero attached hydrogens (tertiary/aromatic N) is 1. The number of hydrogen-bond acceptors (Lipinski definition) is 4. The van der Waals surface area contributed by atoms with Crippen LogP contribution in [0.3, 0.4) is 0 Å². The molecule has 3 rings (SSSR count). The molecule has 1 aromatic heterocycles. The third kappa shape index (κ3) is 6.30. The van der Waals surface area contributed by atoms with Crippen molar-refractivity contribution in [2.45, 2.75) is 17.9 Å². The zero-order chi connectivity index (χ0) is 22.4. The Bertz CT molecular complexity index is 1140. The standard InChI is InChI=1S/C21H19Cl2FN2O4S/c22-19-8-7-18(12-20(19)23)31(28,29)26(13-17-2-1-11-30-17)14-21(27)25-10-9-15-3-5-16(24)6-4-15/h1-8,11-12H,9-10,13-14H2,(H,25,27). The van der Waals surface area contributed by atoms with Crippen LogP contribution in [0, 0.1) is 5.82 Å². The summed E-state index contributed by atoms with van der Waals surface area (Å²) in [6.07, 6.45) is 1.89. The molecule has 0 radical (unpaired) electrons. The molecule has 0 unspecified atom stereocenters. The molecule has 164 valence electrons. The van der Waals surface area contributed by atoms with Crippen molar-refractivity contribution >= 4 is 39.1 Å². The highest BCUT2D eigenvalue weighted by Gasteiger charge is 2.28. The fourth-order valence-corrected chi connectivity index (χ4v) is 4.55. The highest BCUT2D eigenvalue weighted by molar-refractivity contribution is 7.89. The molecule has 3 aromatic rings. The van der Waals surface area contributed by atoms with Gasteiger partial charge in [0.15, 0.2) is 0 Å². The van der Waals surface area contributed by atoms with Gasteiger partial charge in [-0.2, -0.15) is 4.31 Å². The number of benzene rings is 2. The summed E-state index contributed by atoms with van der Waals surface area (Å²) in [4.78, 5) is 12.4. The molecule has 0 aliphatic carbocycles. The van der Waals surface area contributed by atoms with Crippen molar-refractivity contribution in [3.05, 3.63) is 88.0 Å². The van der Waals surface area contributed by atoms with Crippen molar-refractivity contribution < 1.29 is 22.0 Å². The van der Waals surface area contributed by atoms with E-state index in [1.165, 1.54) is 36.6 Å². The fraction of sp³-hybridized carbons (Fsp3) is 0.190. The van der Waals surface area contributed by atoms with Crippen LogP contribution >= 0.6 is 23.2 Å². The second kappa shape index (κ2) is 10.3. The smallest absolute Gasteiger partial charge is 0.244 e. The van der Waals surface area contributed by atoms with Gasteiger partial charge in [0, 0.05) is 6.54 Å². The second-order valence-electron chi connectivity index (χ2n) is 6.65. The van der Waals surface area contributed by atoms with Crippen LogP contribution in [0.1, 0.15) is 11.3 Å². The first kappa shape index (κ1) is 23.3. The van der Waals surface area contributed by atoms with Crippen LogP contribution in [-0.4, -0.2) is 31.7 Å². The molecule has 0 spiro atoms. The lowest BCUT2D eigenvalue weighted by Gasteiger charge is -2.21. The first-order valence-corrected chi connectivity index (χ1v) is 11.4. The number of carbonyl (C=O) groups is 1. The number of sulfonamides is 1. The second-order valence-corrected chi connectivity index (χ2v) is 9.41. The quantitative estimate of drug-likeness (QED) is 0.491. The van der Waals surface area contributed by atoms with E-state index in [9.17, 15) is 17.6 Å². The number of furan rings is 1. The average molecular weight is 485 g/mol. The van der Waals surface area contributed by atoms with E-state index in [0.29, 0.717) is 12.2 Å². The normalized spacial score (nSPS) is 11.6. The van der Waals surface area contributed by atoms with E-state index < -0.39 is 22.5 Å². The molecule has 10 heteroatoms. The van der Waals surface area contributed by atoms with Crippen molar-refractivity contribution in [3.8, 4) is 0 Å². The topological polar surface area (TPSA) is 79.6 Å². The maximum atomic E-state index is 13.2. The van der Waals surface area contributed by atoms with E-state index in [1.807, 2.05) is 0 Å². The maximum Gasteiger partial charge on any atom is 0.244 e. The van der Waals surface area contributed by atoms with Gasteiger partial charge in [0.1, 0.15) is 11.6 Å². The molecular formula is C21H19Cl2FN2O4S. The van der Waals surface area contributed by atoms with E-state index in [4.69, 9.17) is 27.6 Å². The first-order chi connectivity index (χ1) is 14.8. The zero-order valence-electron chi connectivity index (χ0n) is 16.2. The van der Waals surface area contributed by atoms with Crippen molar-refractivity contribution in [2.75, 3.05) is 13.1 Å². The van der Waals surface area contributed by atoms with Gasteiger partial charge in [-0.1, -0.05) is 35.3 Å². The Hall–Kier alpha value is -2.39. The average Bonchev–Trinajstić information content (AvgIpc) is 3.24. The first-order valence-electron chi connectivity index (χ1n) is 9.24. The van der Waals surface area contributed by atoms with Crippen molar-refractivity contribution in [3.63, 3.8) is 0 Å². The van der Waals surface area contributed by atoms with E-state index in [2.05, 4.69) is 5.32 Å². The van der Waals surface area contributed by atoms with Gasteiger partial charge >= 0.3 is 0 Å². The summed E-state index contributed by atoms with van der Waals surface area (Å²) < 4.78 is 45.5. The number of nitrogens with one attached hydrogen (secondary N) is 1. The Labute approximate surface area is 189 Å². The molecule has 6 nitrogen and oxygen atoms in total.